The van der Waals surface area contributed by atoms with Crippen LogP contribution >= 0.6 is 15.9 Å². The van der Waals surface area contributed by atoms with Crippen molar-refractivity contribution in [3.63, 3.8) is 0 Å². The monoisotopic (exact) mass is 379 g/mol. The van der Waals surface area contributed by atoms with Crippen molar-refractivity contribution in [1.29, 1.82) is 0 Å². The van der Waals surface area contributed by atoms with Crippen molar-refractivity contribution >= 4 is 42.7 Å². The van der Waals surface area contributed by atoms with Gasteiger partial charge >= 0.3 is 0 Å². The van der Waals surface area contributed by atoms with Gasteiger partial charge in [0.15, 0.2) is 9.84 Å². The normalized spacial score (nSPS) is 11.7. The summed E-state index contributed by atoms with van der Waals surface area (Å²) in [6.07, 6.45) is 1.21. The summed E-state index contributed by atoms with van der Waals surface area (Å²) in [6, 6.07) is 12.7. The maximum atomic E-state index is 11.8. The number of hydrogen-bond donors (Lipinski definition) is 2. The topological polar surface area (TPSA) is 74.8 Å². The van der Waals surface area contributed by atoms with Crippen molar-refractivity contribution in [2.75, 3.05) is 11.6 Å². The van der Waals surface area contributed by atoms with Crippen LogP contribution in [-0.2, 0) is 16.4 Å². The van der Waals surface area contributed by atoms with Gasteiger partial charge in [-0.25, -0.2) is 13.4 Å². The van der Waals surface area contributed by atoms with Crippen molar-refractivity contribution in [3.05, 3.63) is 52.5 Å². The lowest BCUT2D eigenvalue weighted by molar-refractivity contribution is 0.601. The molecule has 114 valence electrons. The average molecular weight is 380 g/mol. The van der Waals surface area contributed by atoms with E-state index in [1.807, 2.05) is 24.3 Å². The molecule has 1 aromatic heterocycles. The first kappa shape index (κ1) is 15.1. The molecule has 2 N–H and O–H groups in total. The minimum absolute atomic E-state index is 0.335. The Morgan fingerprint density at radius 1 is 1.23 bits per heavy atom. The summed E-state index contributed by atoms with van der Waals surface area (Å²) in [4.78, 5) is 7.92. The van der Waals surface area contributed by atoms with Crippen LogP contribution in [0.25, 0.3) is 11.0 Å². The second-order valence-corrected chi connectivity index (χ2v) is 7.88. The van der Waals surface area contributed by atoms with Crippen molar-refractivity contribution in [2.45, 2.75) is 11.4 Å². The van der Waals surface area contributed by atoms with Gasteiger partial charge in [-0.1, -0.05) is 34.1 Å². The van der Waals surface area contributed by atoms with Crippen LogP contribution in [0.2, 0.25) is 0 Å². The van der Waals surface area contributed by atoms with E-state index in [0.717, 1.165) is 15.5 Å². The molecule has 0 aliphatic heterocycles. The quantitative estimate of drug-likeness (QED) is 0.728. The smallest absolute Gasteiger partial charge is 0.201 e. The van der Waals surface area contributed by atoms with E-state index in [2.05, 4.69) is 31.2 Å². The maximum absolute atomic E-state index is 11.8. The predicted molar refractivity (Wildman–Crippen MR) is 90.7 cm³/mol. The molecular weight excluding hydrogens is 366 g/mol. The SMILES string of the molecule is CS(=O)(=O)c1ccccc1CNc1nc2ccc(Br)cc2[nH]1. The second kappa shape index (κ2) is 5.73. The van der Waals surface area contributed by atoms with Gasteiger partial charge in [-0.15, -0.1) is 0 Å². The first-order chi connectivity index (χ1) is 10.4. The van der Waals surface area contributed by atoms with E-state index in [4.69, 9.17) is 0 Å². The summed E-state index contributed by atoms with van der Waals surface area (Å²) in [5.41, 5.74) is 2.47. The number of aromatic nitrogens is 2. The molecule has 0 atom stereocenters. The van der Waals surface area contributed by atoms with Crippen LogP contribution in [0.15, 0.2) is 51.8 Å². The summed E-state index contributed by atoms with van der Waals surface area (Å²) in [5, 5.41) is 3.14. The molecular formula is C15H14BrN3O2S. The van der Waals surface area contributed by atoms with Gasteiger partial charge < -0.3 is 10.3 Å². The number of benzene rings is 2. The Morgan fingerprint density at radius 3 is 2.77 bits per heavy atom. The van der Waals surface area contributed by atoms with Crippen LogP contribution in [0.3, 0.4) is 0 Å². The minimum Gasteiger partial charge on any atom is -0.352 e. The molecule has 0 radical (unpaired) electrons. The Labute approximate surface area is 136 Å². The molecule has 22 heavy (non-hydrogen) atoms. The summed E-state index contributed by atoms with van der Waals surface area (Å²) in [6.45, 7) is 0.379. The number of anilines is 1. The Hall–Kier alpha value is -1.86. The van der Waals surface area contributed by atoms with E-state index in [1.165, 1.54) is 6.26 Å². The van der Waals surface area contributed by atoms with Gasteiger partial charge in [0.25, 0.3) is 0 Å². The molecule has 1 heterocycles. The lowest BCUT2D eigenvalue weighted by Gasteiger charge is -2.08. The molecule has 5 nitrogen and oxygen atoms in total. The zero-order chi connectivity index (χ0) is 15.7. The average Bonchev–Trinajstić information content (AvgIpc) is 2.86. The van der Waals surface area contributed by atoms with Crippen molar-refractivity contribution in [3.8, 4) is 0 Å². The summed E-state index contributed by atoms with van der Waals surface area (Å²) >= 11 is 3.41. The summed E-state index contributed by atoms with van der Waals surface area (Å²) in [5.74, 6) is 0.608. The van der Waals surface area contributed by atoms with Crippen LogP contribution in [0, 0.1) is 0 Å². The second-order valence-electron chi connectivity index (χ2n) is 4.98. The molecule has 0 spiro atoms. The highest BCUT2D eigenvalue weighted by Crippen LogP contribution is 2.21. The molecule has 0 unspecified atom stereocenters. The molecule has 0 saturated carbocycles. The predicted octanol–water partition coefficient (Wildman–Crippen LogP) is 3.34. The van der Waals surface area contributed by atoms with Crippen LogP contribution in [-0.4, -0.2) is 24.6 Å². The van der Waals surface area contributed by atoms with Crippen molar-refractivity contribution < 1.29 is 8.42 Å². The van der Waals surface area contributed by atoms with E-state index >= 15 is 0 Å². The number of aromatic amines is 1. The van der Waals surface area contributed by atoms with E-state index in [1.54, 1.807) is 18.2 Å². The number of nitrogens with one attached hydrogen (secondary N) is 2. The number of sulfone groups is 1. The molecule has 0 amide bonds. The molecule has 0 aliphatic rings. The minimum atomic E-state index is -3.24. The molecule has 3 aromatic rings. The van der Waals surface area contributed by atoms with E-state index in [-0.39, 0.29) is 0 Å². The lowest BCUT2D eigenvalue weighted by atomic mass is 10.2. The van der Waals surface area contributed by atoms with E-state index in [9.17, 15) is 8.42 Å². The fourth-order valence-electron chi connectivity index (χ4n) is 2.26. The molecule has 7 heteroatoms. The number of nitrogens with zero attached hydrogens (tertiary/aromatic N) is 1. The Morgan fingerprint density at radius 2 is 2.00 bits per heavy atom. The third-order valence-electron chi connectivity index (χ3n) is 3.26. The van der Waals surface area contributed by atoms with Crippen LogP contribution < -0.4 is 5.32 Å². The Bertz CT molecular complexity index is 935. The number of H-pyrrole nitrogens is 1. The van der Waals surface area contributed by atoms with Crippen molar-refractivity contribution in [1.82, 2.24) is 9.97 Å². The Kier molecular flexibility index (Phi) is 3.92. The fraction of sp³-hybridized carbons (Fsp3) is 0.133. The number of rotatable bonds is 4. The zero-order valence-electron chi connectivity index (χ0n) is 11.8. The van der Waals surface area contributed by atoms with E-state index in [0.29, 0.717) is 23.0 Å². The maximum Gasteiger partial charge on any atom is 0.201 e. The number of halogens is 1. The molecule has 0 aliphatic carbocycles. The highest BCUT2D eigenvalue weighted by atomic mass is 79.9. The fourth-order valence-corrected chi connectivity index (χ4v) is 3.56. The third kappa shape index (κ3) is 3.15. The summed E-state index contributed by atoms with van der Waals surface area (Å²) < 4.78 is 24.5. The highest BCUT2D eigenvalue weighted by molar-refractivity contribution is 9.10. The van der Waals surface area contributed by atoms with Crippen LogP contribution in [0.4, 0.5) is 5.95 Å². The standard InChI is InChI=1S/C15H14BrN3O2S/c1-22(20,21)14-5-3-2-4-10(14)9-17-15-18-12-7-6-11(16)8-13(12)19-15/h2-8H,9H2,1H3,(H2,17,18,19). The van der Waals surface area contributed by atoms with Gasteiger partial charge in [-0.2, -0.15) is 0 Å². The van der Waals surface area contributed by atoms with Gasteiger partial charge in [0.05, 0.1) is 15.9 Å². The number of hydrogen-bond acceptors (Lipinski definition) is 4. The molecule has 0 bridgehead atoms. The van der Waals surface area contributed by atoms with Gasteiger partial charge in [0, 0.05) is 17.3 Å². The summed E-state index contributed by atoms with van der Waals surface area (Å²) in [7, 11) is -3.24. The lowest BCUT2D eigenvalue weighted by Crippen LogP contribution is -2.07. The van der Waals surface area contributed by atoms with Crippen LogP contribution in [0.5, 0.6) is 0 Å². The van der Waals surface area contributed by atoms with Crippen LogP contribution in [0.1, 0.15) is 5.56 Å². The van der Waals surface area contributed by atoms with Gasteiger partial charge in [-0.3, -0.25) is 0 Å². The van der Waals surface area contributed by atoms with Gasteiger partial charge in [0.2, 0.25) is 5.95 Å². The van der Waals surface area contributed by atoms with Crippen molar-refractivity contribution in [2.24, 2.45) is 0 Å². The van der Waals surface area contributed by atoms with Gasteiger partial charge in [0.1, 0.15) is 0 Å². The number of imidazole rings is 1. The molecule has 3 rings (SSSR count). The molecule has 0 saturated heterocycles. The largest absolute Gasteiger partial charge is 0.352 e. The first-order valence-electron chi connectivity index (χ1n) is 6.60. The Balaban J connectivity index is 1.85. The highest BCUT2D eigenvalue weighted by Gasteiger charge is 2.12. The molecule has 0 fully saturated rings. The molecule has 2 aromatic carbocycles. The zero-order valence-corrected chi connectivity index (χ0v) is 14.2. The third-order valence-corrected chi connectivity index (χ3v) is 4.95. The number of fused-ring (bicyclic) bond motifs is 1. The first-order valence-corrected chi connectivity index (χ1v) is 9.29. The van der Waals surface area contributed by atoms with E-state index < -0.39 is 9.84 Å². The van der Waals surface area contributed by atoms with Gasteiger partial charge in [-0.05, 0) is 29.8 Å².